The molecule has 0 radical (unpaired) electrons. The minimum absolute atomic E-state index is 0.737. The second-order valence-corrected chi connectivity index (χ2v) is 13.1. The van der Waals surface area contributed by atoms with E-state index in [0.29, 0.717) is 0 Å². The summed E-state index contributed by atoms with van der Waals surface area (Å²) in [6, 6.07) is 41.7. The van der Waals surface area contributed by atoms with Gasteiger partial charge in [-0.25, -0.2) is 4.99 Å². The van der Waals surface area contributed by atoms with Gasteiger partial charge in [0.25, 0.3) is 0 Å². The molecule has 242 valence electrons. The van der Waals surface area contributed by atoms with Crippen LogP contribution in [0.4, 0.5) is 0 Å². The molecule has 8 rings (SSSR count). The van der Waals surface area contributed by atoms with E-state index in [0.717, 1.165) is 40.2 Å². The molecular weight excluding hydrogens is 607 g/mol. The number of hydrogen-bond acceptors (Lipinski definition) is 1. The molecule has 0 aliphatic heterocycles. The minimum Gasteiger partial charge on any atom is -0.307 e. The van der Waals surface area contributed by atoms with Gasteiger partial charge in [-0.2, -0.15) is 0 Å². The lowest BCUT2D eigenvalue weighted by Crippen LogP contribution is -2.08. The third-order valence-corrected chi connectivity index (χ3v) is 9.74. The molecule has 0 N–H and O–H groups in total. The highest BCUT2D eigenvalue weighted by molar-refractivity contribution is 6.27. The van der Waals surface area contributed by atoms with E-state index < -0.39 is 0 Å². The number of hydrogen-bond donors (Lipinski definition) is 0. The highest BCUT2D eigenvalue weighted by atomic mass is 15.1. The van der Waals surface area contributed by atoms with Crippen LogP contribution < -0.4 is 0 Å². The maximum absolute atomic E-state index is 5.18. The van der Waals surface area contributed by atoms with Crippen molar-refractivity contribution in [3.05, 3.63) is 181 Å². The van der Waals surface area contributed by atoms with Crippen LogP contribution in [0.1, 0.15) is 29.2 Å². The van der Waals surface area contributed by atoms with Crippen molar-refractivity contribution in [2.45, 2.75) is 27.2 Å². The van der Waals surface area contributed by atoms with Gasteiger partial charge in [-0.1, -0.05) is 122 Å². The molecular formula is C47H39N3. The zero-order chi connectivity index (χ0) is 34.4. The minimum atomic E-state index is 0.737. The zero-order valence-corrected chi connectivity index (χ0v) is 28.8. The summed E-state index contributed by atoms with van der Waals surface area (Å²) in [5.41, 5.74) is 11.3. The number of rotatable bonds is 7. The molecule has 0 aliphatic carbocycles. The lowest BCUT2D eigenvalue weighted by atomic mass is 10.0. The van der Waals surface area contributed by atoms with Gasteiger partial charge in [-0.3, -0.25) is 4.57 Å². The molecule has 0 saturated heterocycles. The number of benzene rings is 6. The van der Waals surface area contributed by atoms with E-state index >= 15 is 0 Å². The first-order valence-corrected chi connectivity index (χ1v) is 17.2. The number of aliphatic imine (C=N–C) groups is 1. The average Bonchev–Trinajstić information content (AvgIpc) is 3.64. The zero-order valence-electron chi connectivity index (χ0n) is 28.8. The lowest BCUT2D eigenvalue weighted by molar-refractivity contribution is 1.17. The average molecular weight is 646 g/mol. The van der Waals surface area contributed by atoms with Gasteiger partial charge in [-0.15, -0.1) is 0 Å². The van der Waals surface area contributed by atoms with Crippen LogP contribution in [0.25, 0.3) is 65.8 Å². The lowest BCUT2D eigenvalue weighted by Gasteiger charge is -2.14. The van der Waals surface area contributed by atoms with Crippen molar-refractivity contribution in [1.82, 2.24) is 9.13 Å². The summed E-state index contributed by atoms with van der Waals surface area (Å²) in [4.78, 5) is 5.18. The molecule has 0 unspecified atom stereocenters. The first kappa shape index (κ1) is 31.1. The number of aryl methyl sites for hydroxylation is 2. The van der Waals surface area contributed by atoms with E-state index in [-0.39, 0.29) is 0 Å². The van der Waals surface area contributed by atoms with E-state index in [2.05, 4.69) is 152 Å². The normalized spacial score (nSPS) is 12.5. The van der Waals surface area contributed by atoms with Gasteiger partial charge in [0.05, 0.1) is 27.8 Å². The SMILES string of the molecule is C=C/C=C\C=C/Cc1ccc2c(c1)c1cc(C)c3c4cc(C)ccc4n(-c4ccc5ccccc5c4)c3c1n2C(C)=NC(=C)c1ccccc1. The van der Waals surface area contributed by atoms with Crippen LogP contribution in [0.15, 0.2) is 164 Å². The summed E-state index contributed by atoms with van der Waals surface area (Å²) in [6.45, 7) is 14.7. The van der Waals surface area contributed by atoms with Gasteiger partial charge in [0, 0.05) is 27.2 Å². The van der Waals surface area contributed by atoms with Crippen LogP contribution >= 0.6 is 0 Å². The predicted octanol–water partition coefficient (Wildman–Crippen LogP) is 12.4. The monoisotopic (exact) mass is 645 g/mol. The van der Waals surface area contributed by atoms with Crippen molar-refractivity contribution in [3.63, 3.8) is 0 Å². The van der Waals surface area contributed by atoms with Crippen molar-refractivity contribution < 1.29 is 0 Å². The molecule has 0 aliphatic rings. The Balaban J connectivity index is 1.50. The van der Waals surface area contributed by atoms with Gasteiger partial charge in [0.2, 0.25) is 0 Å². The van der Waals surface area contributed by atoms with Gasteiger partial charge in [0.1, 0.15) is 5.84 Å². The molecule has 3 nitrogen and oxygen atoms in total. The fourth-order valence-electron chi connectivity index (χ4n) is 7.47. The molecule has 6 aromatic carbocycles. The largest absolute Gasteiger partial charge is 0.307 e. The molecule has 2 aromatic heterocycles. The molecule has 0 spiro atoms. The van der Waals surface area contributed by atoms with Crippen molar-refractivity contribution in [1.29, 1.82) is 0 Å². The topological polar surface area (TPSA) is 22.2 Å². The van der Waals surface area contributed by atoms with E-state index in [9.17, 15) is 0 Å². The van der Waals surface area contributed by atoms with Crippen LogP contribution in [0, 0.1) is 13.8 Å². The Kier molecular flexibility index (Phi) is 7.89. The first-order valence-electron chi connectivity index (χ1n) is 17.2. The smallest absolute Gasteiger partial charge is 0.111 e. The Morgan fingerprint density at radius 2 is 1.48 bits per heavy atom. The van der Waals surface area contributed by atoms with E-state index in [1.54, 1.807) is 6.08 Å². The standard InChI is InChI=1S/C47H39N3/c1-6-7-8-9-11-16-35-22-26-43-40(29-35)41-28-32(3)45-42-27-31(2)21-25-44(42)50(39-24-23-37-19-14-15-20-38(37)30-39)47(45)46(41)49(43)34(5)48-33(4)36-17-12-10-13-18-36/h6-15,17-30H,1,4,16H2,2-3,5H3/b8-7-,11-9-,48-34?. The predicted molar refractivity (Wildman–Crippen MR) is 217 cm³/mol. The van der Waals surface area contributed by atoms with Crippen molar-refractivity contribution >= 4 is 65.9 Å². The second-order valence-electron chi connectivity index (χ2n) is 13.1. The van der Waals surface area contributed by atoms with Crippen LogP contribution in [-0.2, 0) is 6.42 Å². The Bertz CT molecular complexity index is 2730. The molecule has 0 atom stereocenters. The summed E-state index contributed by atoms with van der Waals surface area (Å²) in [6.07, 6.45) is 10.9. The second kappa shape index (κ2) is 12.7. The quantitative estimate of drug-likeness (QED) is 0.0935. The molecule has 50 heavy (non-hydrogen) atoms. The van der Waals surface area contributed by atoms with Crippen LogP contribution in [-0.4, -0.2) is 15.0 Å². The molecule has 8 aromatic rings. The molecule has 0 saturated carbocycles. The van der Waals surface area contributed by atoms with Gasteiger partial charge < -0.3 is 4.57 Å². The summed E-state index contributed by atoms with van der Waals surface area (Å²) < 4.78 is 4.83. The maximum Gasteiger partial charge on any atom is 0.111 e. The van der Waals surface area contributed by atoms with E-state index in [1.807, 2.05) is 30.4 Å². The first-order chi connectivity index (χ1) is 24.4. The summed E-state index contributed by atoms with van der Waals surface area (Å²) >= 11 is 0. The molecule has 0 bridgehead atoms. The third-order valence-electron chi connectivity index (χ3n) is 9.74. The Morgan fingerprint density at radius 1 is 0.700 bits per heavy atom. The number of nitrogens with zero attached hydrogens (tertiary/aromatic N) is 3. The fourth-order valence-corrected chi connectivity index (χ4v) is 7.47. The van der Waals surface area contributed by atoms with Crippen LogP contribution in [0.3, 0.4) is 0 Å². The van der Waals surface area contributed by atoms with Gasteiger partial charge >= 0.3 is 0 Å². The van der Waals surface area contributed by atoms with E-state index in [4.69, 9.17) is 4.99 Å². The Hall–Kier alpha value is -6.19. The number of allylic oxidation sites excluding steroid dienone is 5. The van der Waals surface area contributed by atoms with Crippen molar-refractivity contribution in [2.75, 3.05) is 0 Å². The van der Waals surface area contributed by atoms with Crippen LogP contribution in [0.2, 0.25) is 0 Å². The number of fused-ring (bicyclic) bond motifs is 8. The third kappa shape index (κ3) is 5.28. The molecule has 3 heteroatoms. The van der Waals surface area contributed by atoms with E-state index in [1.165, 1.54) is 60.0 Å². The molecule has 0 fully saturated rings. The molecule has 0 amide bonds. The summed E-state index contributed by atoms with van der Waals surface area (Å²) in [5.74, 6) is 0.873. The van der Waals surface area contributed by atoms with Crippen molar-refractivity contribution in [2.24, 2.45) is 4.99 Å². The highest BCUT2D eigenvalue weighted by Crippen LogP contribution is 2.43. The highest BCUT2D eigenvalue weighted by Gasteiger charge is 2.23. The summed E-state index contributed by atoms with van der Waals surface area (Å²) in [7, 11) is 0. The number of aromatic nitrogens is 2. The maximum atomic E-state index is 5.18. The molecule has 2 heterocycles. The fraction of sp³-hybridized carbons (Fsp3) is 0.0851. The Labute approximate surface area is 293 Å². The Morgan fingerprint density at radius 3 is 2.30 bits per heavy atom. The van der Waals surface area contributed by atoms with Crippen molar-refractivity contribution in [3.8, 4) is 5.69 Å². The van der Waals surface area contributed by atoms with Gasteiger partial charge in [0.15, 0.2) is 0 Å². The van der Waals surface area contributed by atoms with Gasteiger partial charge in [-0.05, 0) is 97.1 Å². The summed E-state index contributed by atoms with van der Waals surface area (Å²) in [5, 5.41) is 7.39. The van der Waals surface area contributed by atoms with Crippen LogP contribution in [0.5, 0.6) is 0 Å².